The Balaban J connectivity index is 2.21. The van der Waals surface area contributed by atoms with Crippen molar-refractivity contribution in [2.75, 3.05) is 13.6 Å². The summed E-state index contributed by atoms with van der Waals surface area (Å²) in [5.41, 5.74) is 5.83. The Kier molecular flexibility index (Phi) is 4.75. The molecule has 0 aliphatic carbocycles. The SMILES string of the molecule is CN(Cc1ccco1)C(=O)c1cc(C#CCN)ccc1F. The molecule has 1 amide bonds. The van der Waals surface area contributed by atoms with Crippen LogP contribution in [0.2, 0.25) is 0 Å². The average molecular weight is 286 g/mol. The van der Waals surface area contributed by atoms with E-state index in [1.165, 1.54) is 29.4 Å². The number of hydrogen-bond acceptors (Lipinski definition) is 3. The highest BCUT2D eigenvalue weighted by Crippen LogP contribution is 2.14. The van der Waals surface area contributed by atoms with Gasteiger partial charge in [-0.3, -0.25) is 4.79 Å². The summed E-state index contributed by atoms with van der Waals surface area (Å²) in [4.78, 5) is 13.7. The fraction of sp³-hybridized carbons (Fsp3) is 0.188. The first-order chi connectivity index (χ1) is 10.1. The first kappa shape index (κ1) is 14.8. The summed E-state index contributed by atoms with van der Waals surface area (Å²) < 4.78 is 19.0. The van der Waals surface area contributed by atoms with Crippen LogP contribution >= 0.6 is 0 Å². The molecule has 1 heterocycles. The first-order valence-electron chi connectivity index (χ1n) is 6.38. The van der Waals surface area contributed by atoms with Crippen LogP contribution in [-0.2, 0) is 6.54 Å². The highest BCUT2D eigenvalue weighted by Gasteiger charge is 2.17. The molecule has 2 aromatic rings. The zero-order valence-corrected chi connectivity index (χ0v) is 11.6. The van der Waals surface area contributed by atoms with Crippen LogP contribution < -0.4 is 5.73 Å². The van der Waals surface area contributed by atoms with Crippen molar-refractivity contribution >= 4 is 5.91 Å². The van der Waals surface area contributed by atoms with Crippen LogP contribution in [0, 0.1) is 17.7 Å². The monoisotopic (exact) mass is 286 g/mol. The summed E-state index contributed by atoms with van der Waals surface area (Å²) in [5.74, 6) is 5.07. The predicted octanol–water partition coefficient (Wildman–Crippen LogP) is 2.00. The molecule has 108 valence electrons. The molecule has 0 saturated carbocycles. The van der Waals surface area contributed by atoms with E-state index in [0.29, 0.717) is 11.3 Å². The van der Waals surface area contributed by atoms with Crippen molar-refractivity contribution in [1.82, 2.24) is 4.90 Å². The fourth-order valence-corrected chi connectivity index (χ4v) is 1.83. The molecule has 0 atom stereocenters. The number of nitrogens with zero attached hydrogens (tertiary/aromatic N) is 1. The molecule has 1 aromatic carbocycles. The molecule has 0 spiro atoms. The molecule has 1 aromatic heterocycles. The van der Waals surface area contributed by atoms with E-state index >= 15 is 0 Å². The minimum Gasteiger partial charge on any atom is -0.467 e. The molecule has 0 bridgehead atoms. The number of rotatable bonds is 3. The normalized spacial score (nSPS) is 9.86. The Morgan fingerprint density at radius 2 is 2.24 bits per heavy atom. The van der Waals surface area contributed by atoms with Gasteiger partial charge in [-0.15, -0.1) is 0 Å². The van der Waals surface area contributed by atoms with Crippen molar-refractivity contribution < 1.29 is 13.6 Å². The van der Waals surface area contributed by atoms with Crippen LogP contribution in [-0.4, -0.2) is 24.4 Å². The van der Waals surface area contributed by atoms with Crippen molar-refractivity contribution in [1.29, 1.82) is 0 Å². The number of furan rings is 1. The van der Waals surface area contributed by atoms with E-state index in [-0.39, 0.29) is 18.7 Å². The van der Waals surface area contributed by atoms with E-state index in [2.05, 4.69) is 11.8 Å². The van der Waals surface area contributed by atoms with Gasteiger partial charge in [-0.2, -0.15) is 0 Å². The van der Waals surface area contributed by atoms with Crippen LogP contribution in [0.4, 0.5) is 4.39 Å². The van der Waals surface area contributed by atoms with Gasteiger partial charge in [0.1, 0.15) is 11.6 Å². The molecule has 5 heteroatoms. The minimum atomic E-state index is -0.579. The van der Waals surface area contributed by atoms with Crippen LogP contribution in [0.3, 0.4) is 0 Å². The van der Waals surface area contributed by atoms with Gasteiger partial charge in [-0.1, -0.05) is 11.8 Å². The Labute approximate surface area is 122 Å². The highest BCUT2D eigenvalue weighted by molar-refractivity contribution is 5.94. The average Bonchev–Trinajstić information content (AvgIpc) is 2.98. The molecular weight excluding hydrogens is 271 g/mol. The molecule has 0 aliphatic heterocycles. The van der Waals surface area contributed by atoms with Crippen LogP contribution in [0.1, 0.15) is 21.7 Å². The minimum absolute atomic E-state index is 0.0205. The summed E-state index contributed by atoms with van der Waals surface area (Å²) in [6, 6.07) is 7.66. The first-order valence-corrected chi connectivity index (χ1v) is 6.38. The Morgan fingerprint density at radius 1 is 1.43 bits per heavy atom. The maximum atomic E-state index is 13.8. The number of carbonyl (C=O) groups excluding carboxylic acids is 1. The Morgan fingerprint density at radius 3 is 2.90 bits per heavy atom. The lowest BCUT2D eigenvalue weighted by Crippen LogP contribution is -2.27. The van der Waals surface area contributed by atoms with Gasteiger partial charge in [0.2, 0.25) is 0 Å². The third-order valence-electron chi connectivity index (χ3n) is 2.85. The van der Waals surface area contributed by atoms with Gasteiger partial charge in [0.25, 0.3) is 5.91 Å². The van der Waals surface area contributed by atoms with Gasteiger partial charge < -0.3 is 15.1 Å². The van der Waals surface area contributed by atoms with E-state index in [1.54, 1.807) is 19.2 Å². The summed E-state index contributed by atoms with van der Waals surface area (Å²) >= 11 is 0. The standard InChI is InChI=1S/C16H15FN2O2/c1-19(11-13-5-3-9-21-13)16(20)14-10-12(4-2-8-18)6-7-15(14)17/h3,5-7,9-10H,8,11,18H2,1H3. The lowest BCUT2D eigenvalue weighted by atomic mass is 10.1. The molecular formula is C16H15FN2O2. The van der Waals surface area contributed by atoms with Gasteiger partial charge in [0.15, 0.2) is 0 Å². The van der Waals surface area contributed by atoms with Crippen LogP contribution in [0.25, 0.3) is 0 Å². The third-order valence-corrected chi connectivity index (χ3v) is 2.85. The van der Waals surface area contributed by atoms with Crippen molar-refractivity contribution in [2.24, 2.45) is 5.73 Å². The Hall–Kier alpha value is -2.58. The van der Waals surface area contributed by atoms with Crippen molar-refractivity contribution in [3.05, 3.63) is 59.3 Å². The topological polar surface area (TPSA) is 59.5 Å². The highest BCUT2D eigenvalue weighted by atomic mass is 19.1. The van der Waals surface area contributed by atoms with Gasteiger partial charge in [0.05, 0.1) is 24.9 Å². The molecule has 0 saturated heterocycles. The fourth-order valence-electron chi connectivity index (χ4n) is 1.83. The molecule has 21 heavy (non-hydrogen) atoms. The largest absolute Gasteiger partial charge is 0.467 e. The zero-order valence-electron chi connectivity index (χ0n) is 11.6. The van der Waals surface area contributed by atoms with E-state index in [1.807, 2.05) is 0 Å². The number of carbonyl (C=O) groups is 1. The second kappa shape index (κ2) is 6.73. The lowest BCUT2D eigenvalue weighted by Gasteiger charge is -2.16. The molecule has 0 aliphatic rings. The zero-order chi connectivity index (χ0) is 15.2. The third kappa shape index (κ3) is 3.71. The van der Waals surface area contributed by atoms with Crippen LogP contribution in [0.5, 0.6) is 0 Å². The van der Waals surface area contributed by atoms with E-state index in [0.717, 1.165) is 0 Å². The van der Waals surface area contributed by atoms with E-state index in [9.17, 15) is 9.18 Å². The molecule has 2 N–H and O–H groups in total. The number of benzene rings is 1. The van der Waals surface area contributed by atoms with Crippen LogP contribution in [0.15, 0.2) is 41.0 Å². The van der Waals surface area contributed by atoms with Crippen molar-refractivity contribution in [2.45, 2.75) is 6.54 Å². The molecule has 4 nitrogen and oxygen atoms in total. The maximum absolute atomic E-state index is 13.8. The summed E-state index contributed by atoms with van der Waals surface area (Å²) in [5, 5.41) is 0. The second-order valence-electron chi connectivity index (χ2n) is 4.44. The van der Waals surface area contributed by atoms with Gasteiger partial charge in [0, 0.05) is 12.6 Å². The molecule has 0 radical (unpaired) electrons. The lowest BCUT2D eigenvalue weighted by molar-refractivity contribution is 0.0770. The molecule has 0 unspecified atom stereocenters. The summed E-state index contributed by atoms with van der Waals surface area (Å²) in [7, 11) is 1.59. The predicted molar refractivity (Wildman–Crippen MR) is 76.8 cm³/mol. The van der Waals surface area contributed by atoms with Crippen molar-refractivity contribution in [3.63, 3.8) is 0 Å². The molecule has 2 rings (SSSR count). The number of nitrogens with two attached hydrogens (primary N) is 1. The number of hydrogen-bond donors (Lipinski definition) is 1. The van der Waals surface area contributed by atoms with Gasteiger partial charge >= 0.3 is 0 Å². The number of halogens is 1. The number of amides is 1. The smallest absolute Gasteiger partial charge is 0.257 e. The van der Waals surface area contributed by atoms with Crippen molar-refractivity contribution in [3.8, 4) is 11.8 Å². The van der Waals surface area contributed by atoms with Gasteiger partial charge in [-0.05, 0) is 30.3 Å². The second-order valence-corrected chi connectivity index (χ2v) is 4.44. The maximum Gasteiger partial charge on any atom is 0.257 e. The summed E-state index contributed by atoms with van der Waals surface area (Å²) in [6.45, 7) is 0.475. The van der Waals surface area contributed by atoms with E-state index < -0.39 is 11.7 Å². The Bertz CT molecular complexity index is 684. The summed E-state index contributed by atoms with van der Waals surface area (Å²) in [6.07, 6.45) is 1.53. The van der Waals surface area contributed by atoms with Gasteiger partial charge in [-0.25, -0.2) is 4.39 Å². The van der Waals surface area contributed by atoms with E-state index in [4.69, 9.17) is 10.2 Å². The molecule has 0 fully saturated rings. The quantitative estimate of drug-likeness (QED) is 0.878.